The van der Waals surface area contributed by atoms with E-state index in [1.807, 2.05) is 36.4 Å². The maximum absolute atomic E-state index is 9.82. The largest absolute Gasteiger partial charge is 0.466 e. The zero-order valence-electron chi connectivity index (χ0n) is 11.5. The van der Waals surface area contributed by atoms with E-state index in [1.54, 1.807) is 13.8 Å². The summed E-state index contributed by atoms with van der Waals surface area (Å²) in [5, 5.41) is 0. The molecule has 0 spiro atoms. The molecule has 0 aromatic heterocycles. The van der Waals surface area contributed by atoms with Gasteiger partial charge in [0.25, 0.3) is 0 Å². The number of ether oxygens (including phenoxy) is 2. The van der Waals surface area contributed by atoms with E-state index in [9.17, 15) is 9.59 Å². The van der Waals surface area contributed by atoms with Gasteiger partial charge < -0.3 is 9.47 Å². The minimum absolute atomic E-state index is 0.211. The maximum atomic E-state index is 9.82. The van der Waals surface area contributed by atoms with Crippen LogP contribution in [0.2, 0.25) is 0 Å². The van der Waals surface area contributed by atoms with Crippen LogP contribution in [0.3, 0.4) is 0 Å². The normalized spacial score (nSPS) is 7.78. The van der Waals surface area contributed by atoms with E-state index in [0.717, 1.165) is 0 Å². The Balaban J connectivity index is 0. The van der Waals surface area contributed by atoms with Gasteiger partial charge in [-0.05, 0) is 13.8 Å². The van der Waals surface area contributed by atoms with Crippen LogP contribution in [0.15, 0.2) is 36.4 Å². The van der Waals surface area contributed by atoms with Crippen LogP contribution in [0, 0.1) is 0 Å². The molecule has 0 atom stereocenters. The van der Waals surface area contributed by atoms with Crippen LogP contribution in [0.4, 0.5) is 0 Å². The number of esters is 2. The SMILES string of the molecule is CCOC(C)=O.CCOC(C)=O.c1ccccc1. The average Bonchev–Trinajstić information content (AvgIpc) is 2.32. The summed E-state index contributed by atoms with van der Waals surface area (Å²) in [6.07, 6.45) is 0. The number of carbonyl (C=O) groups is 2. The Morgan fingerprint density at radius 1 is 0.722 bits per heavy atom. The third kappa shape index (κ3) is 23.8. The van der Waals surface area contributed by atoms with Crippen molar-refractivity contribution in [1.82, 2.24) is 0 Å². The van der Waals surface area contributed by atoms with Crippen LogP contribution in [-0.4, -0.2) is 25.2 Å². The first kappa shape index (κ1) is 18.5. The molecule has 0 N–H and O–H groups in total. The van der Waals surface area contributed by atoms with Gasteiger partial charge in [-0.2, -0.15) is 0 Å². The lowest BCUT2D eigenvalue weighted by Gasteiger charge is -1.89. The topological polar surface area (TPSA) is 52.6 Å². The zero-order valence-corrected chi connectivity index (χ0v) is 11.5. The van der Waals surface area contributed by atoms with Crippen molar-refractivity contribution in [2.45, 2.75) is 27.7 Å². The standard InChI is InChI=1S/C6H6.2C4H8O2/c1-2-4-6-5-3-1;2*1-3-6-4(2)5/h1-6H;2*3H2,1-2H3. The molecular formula is C14H22O4. The minimum Gasteiger partial charge on any atom is -0.466 e. The molecule has 0 aliphatic rings. The Hall–Kier alpha value is -1.84. The minimum atomic E-state index is -0.211. The smallest absolute Gasteiger partial charge is 0.302 e. The predicted molar refractivity (Wildman–Crippen MR) is 71.1 cm³/mol. The lowest BCUT2D eigenvalue weighted by atomic mass is 10.4. The number of hydrogen-bond donors (Lipinski definition) is 0. The molecule has 4 heteroatoms. The number of carbonyl (C=O) groups excluding carboxylic acids is 2. The van der Waals surface area contributed by atoms with Crippen LogP contribution in [0.1, 0.15) is 27.7 Å². The van der Waals surface area contributed by atoms with E-state index in [0.29, 0.717) is 13.2 Å². The molecule has 0 fully saturated rings. The Bertz CT molecular complexity index is 253. The van der Waals surface area contributed by atoms with Crippen molar-refractivity contribution in [1.29, 1.82) is 0 Å². The Kier molecular flexibility index (Phi) is 15.6. The summed E-state index contributed by atoms with van der Waals surface area (Å²) in [5.74, 6) is -0.421. The van der Waals surface area contributed by atoms with Crippen molar-refractivity contribution in [3.63, 3.8) is 0 Å². The van der Waals surface area contributed by atoms with E-state index in [-0.39, 0.29) is 11.9 Å². The molecule has 0 saturated heterocycles. The lowest BCUT2D eigenvalue weighted by molar-refractivity contribution is -0.141. The van der Waals surface area contributed by atoms with Gasteiger partial charge in [0.1, 0.15) is 0 Å². The third-order valence-corrected chi connectivity index (χ3v) is 1.36. The highest BCUT2D eigenvalue weighted by molar-refractivity contribution is 5.66. The van der Waals surface area contributed by atoms with Gasteiger partial charge in [-0.15, -0.1) is 0 Å². The molecule has 0 heterocycles. The Labute approximate surface area is 109 Å². The summed E-state index contributed by atoms with van der Waals surface area (Å²) in [6, 6.07) is 12.0. The highest BCUT2D eigenvalue weighted by atomic mass is 16.5. The lowest BCUT2D eigenvalue weighted by Crippen LogP contribution is -1.95. The van der Waals surface area contributed by atoms with Gasteiger partial charge in [0.15, 0.2) is 0 Å². The molecular weight excluding hydrogens is 232 g/mol. The van der Waals surface area contributed by atoms with Gasteiger partial charge in [0.2, 0.25) is 0 Å². The third-order valence-electron chi connectivity index (χ3n) is 1.36. The van der Waals surface area contributed by atoms with Gasteiger partial charge in [-0.1, -0.05) is 36.4 Å². The van der Waals surface area contributed by atoms with Crippen molar-refractivity contribution in [3.05, 3.63) is 36.4 Å². The van der Waals surface area contributed by atoms with Crippen LogP contribution < -0.4 is 0 Å². The fraction of sp³-hybridized carbons (Fsp3) is 0.429. The zero-order chi connectivity index (χ0) is 14.2. The van der Waals surface area contributed by atoms with Gasteiger partial charge in [0.05, 0.1) is 13.2 Å². The first-order chi connectivity index (χ1) is 8.54. The predicted octanol–water partition coefficient (Wildman–Crippen LogP) is 2.83. The van der Waals surface area contributed by atoms with Gasteiger partial charge >= 0.3 is 11.9 Å². The summed E-state index contributed by atoms with van der Waals surface area (Å²) in [5.41, 5.74) is 0. The summed E-state index contributed by atoms with van der Waals surface area (Å²) >= 11 is 0. The molecule has 0 unspecified atom stereocenters. The van der Waals surface area contributed by atoms with Crippen molar-refractivity contribution in [2.24, 2.45) is 0 Å². The second kappa shape index (κ2) is 15.2. The second-order valence-electron chi connectivity index (χ2n) is 3.00. The summed E-state index contributed by atoms with van der Waals surface area (Å²) in [4.78, 5) is 19.6. The fourth-order valence-corrected chi connectivity index (χ4v) is 0.791. The Morgan fingerprint density at radius 2 is 0.944 bits per heavy atom. The molecule has 102 valence electrons. The van der Waals surface area contributed by atoms with E-state index in [1.165, 1.54) is 13.8 Å². The van der Waals surface area contributed by atoms with Crippen molar-refractivity contribution >= 4 is 11.9 Å². The molecule has 0 bridgehead atoms. The monoisotopic (exact) mass is 254 g/mol. The van der Waals surface area contributed by atoms with Gasteiger partial charge in [-0.3, -0.25) is 9.59 Å². The van der Waals surface area contributed by atoms with E-state index >= 15 is 0 Å². The summed E-state index contributed by atoms with van der Waals surface area (Å²) < 4.78 is 8.81. The molecule has 0 aliphatic heterocycles. The number of hydrogen-bond acceptors (Lipinski definition) is 4. The quantitative estimate of drug-likeness (QED) is 0.761. The number of benzene rings is 1. The molecule has 1 aromatic carbocycles. The van der Waals surface area contributed by atoms with E-state index in [2.05, 4.69) is 9.47 Å². The van der Waals surface area contributed by atoms with Gasteiger partial charge in [-0.25, -0.2) is 0 Å². The summed E-state index contributed by atoms with van der Waals surface area (Å²) in [6.45, 7) is 7.31. The maximum Gasteiger partial charge on any atom is 0.302 e. The molecule has 18 heavy (non-hydrogen) atoms. The highest BCUT2D eigenvalue weighted by Gasteiger charge is 1.82. The Morgan fingerprint density at radius 3 is 1.00 bits per heavy atom. The first-order valence-corrected chi connectivity index (χ1v) is 5.81. The molecule has 1 rings (SSSR count). The van der Waals surface area contributed by atoms with Crippen LogP contribution >= 0.6 is 0 Å². The van der Waals surface area contributed by atoms with Crippen LogP contribution in [0.25, 0.3) is 0 Å². The molecule has 4 nitrogen and oxygen atoms in total. The van der Waals surface area contributed by atoms with Crippen molar-refractivity contribution < 1.29 is 19.1 Å². The van der Waals surface area contributed by atoms with E-state index in [4.69, 9.17) is 0 Å². The van der Waals surface area contributed by atoms with Gasteiger partial charge in [0, 0.05) is 13.8 Å². The molecule has 0 saturated carbocycles. The second-order valence-corrected chi connectivity index (χ2v) is 3.00. The first-order valence-electron chi connectivity index (χ1n) is 5.81. The molecule has 0 radical (unpaired) electrons. The van der Waals surface area contributed by atoms with Crippen LogP contribution in [0.5, 0.6) is 0 Å². The summed E-state index contributed by atoms with van der Waals surface area (Å²) in [7, 11) is 0. The fourth-order valence-electron chi connectivity index (χ4n) is 0.791. The van der Waals surface area contributed by atoms with Crippen molar-refractivity contribution in [2.75, 3.05) is 13.2 Å². The average molecular weight is 254 g/mol. The van der Waals surface area contributed by atoms with Crippen LogP contribution in [-0.2, 0) is 19.1 Å². The molecule has 0 aliphatic carbocycles. The molecule has 0 amide bonds. The molecule has 1 aromatic rings. The highest BCUT2D eigenvalue weighted by Crippen LogP contribution is 1.79. The van der Waals surface area contributed by atoms with E-state index < -0.39 is 0 Å². The van der Waals surface area contributed by atoms with Crippen molar-refractivity contribution in [3.8, 4) is 0 Å². The number of rotatable bonds is 2.